The zero-order valence-electron chi connectivity index (χ0n) is 14.2. The fourth-order valence-corrected chi connectivity index (χ4v) is 3.17. The first-order valence-corrected chi connectivity index (χ1v) is 8.55. The summed E-state index contributed by atoms with van der Waals surface area (Å²) in [4.78, 5) is 18.2. The molecule has 2 aromatic heterocycles. The summed E-state index contributed by atoms with van der Waals surface area (Å²) in [5.41, 5.74) is 2.72. The topological polar surface area (TPSA) is 60.5 Å². The first-order chi connectivity index (χ1) is 12.1. The van der Waals surface area contributed by atoms with Gasteiger partial charge in [-0.15, -0.1) is 11.3 Å². The van der Waals surface area contributed by atoms with E-state index in [4.69, 9.17) is 9.47 Å². The first kappa shape index (κ1) is 17.0. The molecule has 1 aromatic carbocycles. The lowest BCUT2D eigenvalue weighted by Crippen LogP contribution is -2.14. The lowest BCUT2D eigenvalue weighted by atomic mass is 10.1. The molecule has 0 aliphatic rings. The molecular formula is C19H18N2O3S. The van der Waals surface area contributed by atoms with Crippen molar-refractivity contribution in [3.8, 4) is 22.1 Å². The molecule has 0 saturated carbocycles. The van der Waals surface area contributed by atoms with Gasteiger partial charge < -0.3 is 14.8 Å². The minimum absolute atomic E-state index is 0.213. The van der Waals surface area contributed by atoms with Crippen LogP contribution in [0.3, 0.4) is 0 Å². The molecule has 0 saturated heterocycles. The number of aryl methyl sites for hydroxylation is 1. The number of methoxy groups -OCH3 is 2. The van der Waals surface area contributed by atoms with Crippen LogP contribution in [0.25, 0.3) is 10.6 Å². The number of benzene rings is 1. The highest BCUT2D eigenvalue weighted by atomic mass is 32.1. The number of carbonyl (C=O) groups is 1. The number of ether oxygens (including phenoxy) is 2. The Balaban J connectivity index is 1.82. The Morgan fingerprint density at radius 1 is 1.08 bits per heavy atom. The Morgan fingerprint density at radius 2 is 1.88 bits per heavy atom. The minimum atomic E-state index is -0.213. The van der Waals surface area contributed by atoms with E-state index in [9.17, 15) is 4.79 Å². The maximum atomic E-state index is 12.6. The third-order valence-corrected chi connectivity index (χ3v) is 4.64. The molecule has 3 aromatic rings. The van der Waals surface area contributed by atoms with Crippen LogP contribution in [0.2, 0.25) is 0 Å². The molecule has 0 atom stereocenters. The van der Waals surface area contributed by atoms with Crippen LogP contribution in [-0.2, 0) is 0 Å². The number of carbonyl (C=O) groups excluding carboxylic acids is 1. The standard InChI is InChI=1S/C19H18N2O3S/c1-12-14(7-8-15(20-12)18-5-4-10-25-18)19(22)21-13-6-9-16(23-2)17(11-13)24-3/h4-11H,1-3H3,(H,21,22). The second kappa shape index (κ2) is 7.36. The summed E-state index contributed by atoms with van der Waals surface area (Å²) in [5, 5.41) is 4.87. The number of rotatable bonds is 5. The number of amides is 1. The van der Waals surface area contributed by atoms with Gasteiger partial charge in [-0.3, -0.25) is 9.78 Å². The van der Waals surface area contributed by atoms with Gasteiger partial charge in [0.1, 0.15) is 0 Å². The molecule has 6 heteroatoms. The molecule has 0 aliphatic heterocycles. The van der Waals surface area contributed by atoms with E-state index in [-0.39, 0.29) is 5.91 Å². The zero-order chi connectivity index (χ0) is 17.8. The first-order valence-electron chi connectivity index (χ1n) is 7.67. The summed E-state index contributed by atoms with van der Waals surface area (Å²) in [5.74, 6) is 0.955. The quantitative estimate of drug-likeness (QED) is 0.738. The molecule has 25 heavy (non-hydrogen) atoms. The Kier molecular flexibility index (Phi) is 5.00. The summed E-state index contributed by atoms with van der Waals surface area (Å²) < 4.78 is 10.5. The second-order valence-electron chi connectivity index (χ2n) is 5.33. The Hall–Kier alpha value is -2.86. The maximum Gasteiger partial charge on any atom is 0.257 e. The predicted molar refractivity (Wildman–Crippen MR) is 99.8 cm³/mol. The average molecular weight is 354 g/mol. The van der Waals surface area contributed by atoms with Crippen molar-refractivity contribution in [2.75, 3.05) is 19.5 Å². The SMILES string of the molecule is COc1ccc(NC(=O)c2ccc(-c3cccs3)nc2C)cc1OC. The zero-order valence-corrected chi connectivity index (χ0v) is 15.0. The number of aromatic nitrogens is 1. The number of hydrogen-bond acceptors (Lipinski definition) is 5. The van der Waals surface area contributed by atoms with Crippen molar-refractivity contribution < 1.29 is 14.3 Å². The van der Waals surface area contributed by atoms with Gasteiger partial charge in [-0.1, -0.05) is 6.07 Å². The molecule has 1 amide bonds. The maximum absolute atomic E-state index is 12.6. The number of nitrogens with one attached hydrogen (secondary N) is 1. The van der Waals surface area contributed by atoms with Gasteiger partial charge in [0.05, 0.1) is 36.0 Å². The van der Waals surface area contributed by atoms with Crippen molar-refractivity contribution in [2.24, 2.45) is 0 Å². The van der Waals surface area contributed by atoms with Crippen LogP contribution in [0.5, 0.6) is 11.5 Å². The van der Waals surface area contributed by atoms with Gasteiger partial charge in [0.2, 0.25) is 0 Å². The fourth-order valence-electron chi connectivity index (χ4n) is 2.47. The smallest absolute Gasteiger partial charge is 0.257 e. The van der Waals surface area contributed by atoms with Crippen LogP contribution < -0.4 is 14.8 Å². The van der Waals surface area contributed by atoms with Gasteiger partial charge in [0.15, 0.2) is 11.5 Å². The minimum Gasteiger partial charge on any atom is -0.493 e. The van der Waals surface area contributed by atoms with Gasteiger partial charge in [0, 0.05) is 11.8 Å². The van der Waals surface area contributed by atoms with Gasteiger partial charge in [0.25, 0.3) is 5.91 Å². The Labute approximate surface area is 150 Å². The molecule has 0 aliphatic carbocycles. The van der Waals surface area contributed by atoms with Crippen molar-refractivity contribution in [2.45, 2.75) is 6.92 Å². The second-order valence-corrected chi connectivity index (χ2v) is 6.28. The molecule has 1 N–H and O–H groups in total. The number of nitrogens with zero attached hydrogens (tertiary/aromatic N) is 1. The van der Waals surface area contributed by atoms with Gasteiger partial charge in [-0.25, -0.2) is 0 Å². The van der Waals surface area contributed by atoms with E-state index in [1.54, 1.807) is 49.8 Å². The van der Waals surface area contributed by atoms with E-state index in [2.05, 4.69) is 10.3 Å². The molecular weight excluding hydrogens is 336 g/mol. The third kappa shape index (κ3) is 3.64. The highest BCUT2D eigenvalue weighted by molar-refractivity contribution is 7.13. The van der Waals surface area contributed by atoms with E-state index < -0.39 is 0 Å². The van der Waals surface area contributed by atoms with Gasteiger partial charge >= 0.3 is 0 Å². The summed E-state index contributed by atoms with van der Waals surface area (Å²) in [6.45, 7) is 1.83. The molecule has 128 valence electrons. The summed E-state index contributed by atoms with van der Waals surface area (Å²) in [7, 11) is 3.13. The van der Waals surface area contributed by atoms with E-state index in [0.29, 0.717) is 28.4 Å². The van der Waals surface area contributed by atoms with Crippen LogP contribution in [0.15, 0.2) is 47.8 Å². The van der Waals surface area contributed by atoms with Crippen molar-refractivity contribution in [1.82, 2.24) is 4.98 Å². The Bertz CT molecular complexity index is 892. The molecule has 0 radical (unpaired) electrons. The van der Waals surface area contributed by atoms with Gasteiger partial charge in [-0.2, -0.15) is 0 Å². The molecule has 0 spiro atoms. The fraction of sp³-hybridized carbons (Fsp3) is 0.158. The normalized spacial score (nSPS) is 10.4. The summed E-state index contributed by atoms with van der Waals surface area (Å²) >= 11 is 1.62. The Morgan fingerprint density at radius 3 is 2.52 bits per heavy atom. The number of hydrogen-bond donors (Lipinski definition) is 1. The molecule has 0 fully saturated rings. The van der Waals surface area contributed by atoms with E-state index >= 15 is 0 Å². The molecule has 0 unspecified atom stereocenters. The largest absolute Gasteiger partial charge is 0.493 e. The van der Waals surface area contributed by atoms with E-state index in [1.165, 1.54) is 0 Å². The molecule has 2 heterocycles. The van der Waals surface area contributed by atoms with Crippen LogP contribution in [0.1, 0.15) is 16.1 Å². The van der Waals surface area contributed by atoms with Crippen molar-refractivity contribution >= 4 is 22.9 Å². The van der Waals surface area contributed by atoms with Crippen molar-refractivity contribution in [3.63, 3.8) is 0 Å². The molecule has 5 nitrogen and oxygen atoms in total. The molecule has 0 bridgehead atoms. The lowest BCUT2D eigenvalue weighted by Gasteiger charge is -2.11. The van der Waals surface area contributed by atoms with Crippen LogP contribution in [0, 0.1) is 6.92 Å². The molecule has 3 rings (SSSR count). The average Bonchev–Trinajstić information content (AvgIpc) is 3.16. The van der Waals surface area contributed by atoms with E-state index in [0.717, 1.165) is 10.6 Å². The number of anilines is 1. The lowest BCUT2D eigenvalue weighted by molar-refractivity contribution is 0.102. The van der Waals surface area contributed by atoms with Gasteiger partial charge in [-0.05, 0) is 42.6 Å². The number of thiophene rings is 1. The third-order valence-electron chi connectivity index (χ3n) is 3.75. The van der Waals surface area contributed by atoms with Crippen LogP contribution in [-0.4, -0.2) is 25.1 Å². The van der Waals surface area contributed by atoms with E-state index in [1.807, 2.05) is 30.5 Å². The van der Waals surface area contributed by atoms with Crippen molar-refractivity contribution in [1.29, 1.82) is 0 Å². The van der Waals surface area contributed by atoms with Crippen LogP contribution in [0.4, 0.5) is 5.69 Å². The predicted octanol–water partition coefficient (Wildman–Crippen LogP) is 4.39. The summed E-state index contributed by atoms with van der Waals surface area (Å²) in [6, 6.07) is 12.9. The summed E-state index contributed by atoms with van der Waals surface area (Å²) in [6.07, 6.45) is 0. The van der Waals surface area contributed by atoms with Crippen LogP contribution >= 0.6 is 11.3 Å². The highest BCUT2D eigenvalue weighted by Crippen LogP contribution is 2.30. The van der Waals surface area contributed by atoms with Crippen molar-refractivity contribution in [3.05, 3.63) is 59.1 Å². The number of pyridine rings is 1. The highest BCUT2D eigenvalue weighted by Gasteiger charge is 2.13. The monoisotopic (exact) mass is 354 g/mol.